The Bertz CT molecular complexity index is 1120. The molecule has 0 unspecified atom stereocenters. The Morgan fingerprint density at radius 2 is 2.15 bits per heavy atom. The Labute approximate surface area is 146 Å². The number of rotatable bonds is 4. The van der Waals surface area contributed by atoms with Gasteiger partial charge in [0.15, 0.2) is 0 Å². The zero-order chi connectivity index (χ0) is 18.1. The minimum Gasteiger partial charge on any atom is -0.320 e. The summed E-state index contributed by atoms with van der Waals surface area (Å²) in [6, 6.07) is 9.68. The number of imidazole rings is 1. The van der Waals surface area contributed by atoms with Crippen molar-refractivity contribution in [2.24, 2.45) is 0 Å². The molecular weight excluding hydrogens is 336 g/mol. The summed E-state index contributed by atoms with van der Waals surface area (Å²) in [7, 11) is 0. The number of nitro benzene ring substituents is 1. The SMILES string of the molecule is O=C(Nc1cccc2cn[nH]c12)c1ccc(-n2ccnc2)c([N+](=O)[O-])c1. The van der Waals surface area contributed by atoms with Crippen molar-refractivity contribution in [2.75, 3.05) is 5.32 Å². The number of anilines is 1. The van der Waals surface area contributed by atoms with Crippen LogP contribution in [0.5, 0.6) is 0 Å². The fourth-order valence-electron chi connectivity index (χ4n) is 2.70. The van der Waals surface area contributed by atoms with Crippen molar-refractivity contribution in [3.05, 3.63) is 77.0 Å². The normalized spacial score (nSPS) is 10.8. The molecular formula is C17H12N6O3. The first kappa shape index (κ1) is 15.5. The number of para-hydroxylation sites is 1. The Hall–Kier alpha value is -4.01. The molecule has 0 saturated heterocycles. The predicted octanol–water partition coefficient (Wildman–Crippen LogP) is 2.91. The van der Waals surface area contributed by atoms with Crippen LogP contribution in [-0.2, 0) is 0 Å². The van der Waals surface area contributed by atoms with Gasteiger partial charge in [-0.1, -0.05) is 12.1 Å². The van der Waals surface area contributed by atoms with Gasteiger partial charge in [-0.2, -0.15) is 5.10 Å². The van der Waals surface area contributed by atoms with Crippen LogP contribution in [0.4, 0.5) is 11.4 Å². The predicted molar refractivity (Wildman–Crippen MR) is 94.3 cm³/mol. The van der Waals surface area contributed by atoms with Crippen LogP contribution in [-0.4, -0.2) is 30.6 Å². The van der Waals surface area contributed by atoms with Crippen LogP contribution >= 0.6 is 0 Å². The van der Waals surface area contributed by atoms with Crippen LogP contribution in [0.3, 0.4) is 0 Å². The van der Waals surface area contributed by atoms with Crippen molar-refractivity contribution in [1.82, 2.24) is 19.7 Å². The maximum absolute atomic E-state index is 12.6. The summed E-state index contributed by atoms with van der Waals surface area (Å²) < 4.78 is 1.52. The molecule has 0 spiro atoms. The average molecular weight is 348 g/mol. The van der Waals surface area contributed by atoms with E-state index in [0.29, 0.717) is 16.9 Å². The molecule has 0 saturated carbocycles. The Balaban J connectivity index is 1.69. The van der Waals surface area contributed by atoms with E-state index in [1.807, 2.05) is 6.07 Å². The highest BCUT2D eigenvalue weighted by Gasteiger charge is 2.19. The molecule has 0 aliphatic heterocycles. The van der Waals surface area contributed by atoms with E-state index in [0.717, 1.165) is 5.39 Å². The topological polar surface area (TPSA) is 119 Å². The van der Waals surface area contributed by atoms with E-state index in [1.54, 1.807) is 24.5 Å². The number of nitrogens with zero attached hydrogens (tertiary/aromatic N) is 4. The summed E-state index contributed by atoms with van der Waals surface area (Å²) in [6.45, 7) is 0. The van der Waals surface area contributed by atoms with Gasteiger partial charge in [0.05, 0.1) is 28.7 Å². The molecule has 0 radical (unpaired) electrons. The summed E-state index contributed by atoms with van der Waals surface area (Å²) in [4.78, 5) is 27.3. The largest absolute Gasteiger partial charge is 0.320 e. The van der Waals surface area contributed by atoms with E-state index in [-0.39, 0.29) is 11.3 Å². The molecule has 4 aromatic rings. The maximum Gasteiger partial charge on any atom is 0.294 e. The van der Waals surface area contributed by atoms with E-state index >= 15 is 0 Å². The van der Waals surface area contributed by atoms with Gasteiger partial charge in [0.25, 0.3) is 11.6 Å². The lowest BCUT2D eigenvalue weighted by Gasteiger charge is -2.08. The van der Waals surface area contributed by atoms with Crippen LogP contribution in [0.2, 0.25) is 0 Å². The maximum atomic E-state index is 12.6. The lowest BCUT2D eigenvalue weighted by Crippen LogP contribution is -2.13. The first-order valence-electron chi connectivity index (χ1n) is 7.64. The van der Waals surface area contributed by atoms with Crippen molar-refractivity contribution in [3.63, 3.8) is 0 Å². The van der Waals surface area contributed by atoms with Crippen molar-refractivity contribution < 1.29 is 9.72 Å². The molecule has 0 atom stereocenters. The molecule has 2 heterocycles. The van der Waals surface area contributed by atoms with Crippen LogP contribution in [0.25, 0.3) is 16.6 Å². The highest BCUT2D eigenvalue weighted by atomic mass is 16.6. The lowest BCUT2D eigenvalue weighted by molar-refractivity contribution is -0.384. The van der Waals surface area contributed by atoms with Gasteiger partial charge in [-0.15, -0.1) is 0 Å². The molecule has 0 bridgehead atoms. The Kier molecular flexibility index (Phi) is 3.66. The third-order valence-electron chi connectivity index (χ3n) is 3.94. The zero-order valence-electron chi connectivity index (χ0n) is 13.3. The van der Waals surface area contributed by atoms with Crippen molar-refractivity contribution in [2.45, 2.75) is 0 Å². The standard InChI is InChI=1S/C17H12N6O3/c24-17(20-13-3-1-2-12-9-19-21-16(12)13)11-4-5-14(15(8-11)23(25)26)22-7-6-18-10-22/h1-10H,(H,19,21)(H,20,24). The summed E-state index contributed by atoms with van der Waals surface area (Å²) in [5, 5.41) is 21.8. The van der Waals surface area contributed by atoms with Crippen molar-refractivity contribution in [1.29, 1.82) is 0 Å². The number of benzene rings is 2. The number of hydrogen-bond donors (Lipinski definition) is 2. The van der Waals surface area contributed by atoms with E-state index in [9.17, 15) is 14.9 Å². The second-order valence-electron chi connectivity index (χ2n) is 5.52. The molecule has 0 fully saturated rings. The summed E-state index contributed by atoms with van der Waals surface area (Å²) >= 11 is 0. The fraction of sp³-hybridized carbons (Fsp3) is 0. The molecule has 4 rings (SSSR count). The van der Waals surface area contributed by atoms with Gasteiger partial charge >= 0.3 is 0 Å². The highest BCUT2D eigenvalue weighted by Crippen LogP contribution is 2.26. The first-order chi connectivity index (χ1) is 12.6. The fourth-order valence-corrected chi connectivity index (χ4v) is 2.70. The summed E-state index contributed by atoms with van der Waals surface area (Å²) in [5.74, 6) is -0.451. The van der Waals surface area contributed by atoms with Crippen molar-refractivity contribution >= 4 is 28.2 Å². The Morgan fingerprint density at radius 3 is 2.92 bits per heavy atom. The van der Waals surface area contributed by atoms with E-state index in [1.165, 1.54) is 35.3 Å². The van der Waals surface area contributed by atoms with Gasteiger partial charge in [-0.05, 0) is 18.2 Å². The number of fused-ring (bicyclic) bond motifs is 1. The monoisotopic (exact) mass is 348 g/mol. The third-order valence-corrected chi connectivity index (χ3v) is 3.94. The lowest BCUT2D eigenvalue weighted by atomic mass is 10.1. The number of nitro groups is 1. The summed E-state index contributed by atoms with van der Waals surface area (Å²) in [6.07, 6.45) is 6.23. The van der Waals surface area contributed by atoms with Crippen molar-refractivity contribution in [3.8, 4) is 5.69 Å². The summed E-state index contributed by atoms with van der Waals surface area (Å²) in [5.41, 5.74) is 1.56. The number of nitrogens with one attached hydrogen (secondary N) is 2. The molecule has 0 aliphatic carbocycles. The molecule has 9 nitrogen and oxygen atoms in total. The molecule has 2 aromatic heterocycles. The molecule has 1 amide bonds. The van der Waals surface area contributed by atoms with E-state index in [2.05, 4.69) is 20.5 Å². The van der Waals surface area contributed by atoms with Crippen LogP contribution in [0.15, 0.2) is 61.3 Å². The third kappa shape index (κ3) is 2.67. The van der Waals surface area contributed by atoms with Crippen LogP contribution in [0.1, 0.15) is 10.4 Å². The molecule has 2 N–H and O–H groups in total. The highest BCUT2D eigenvalue weighted by molar-refractivity contribution is 6.08. The van der Waals surface area contributed by atoms with E-state index < -0.39 is 10.8 Å². The molecule has 0 aliphatic rings. The van der Waals surface area contributed by atoms with Gasteiger partial charge < -0.3 is 9.88 Å². The van der Waals surface area contributed by atoms with Crippen LogP contribution < -0.4 is 5.32 Å². The molecule has 26 heavy (non-hydrogen) atoms. The van der Waals surface area contributed by atoms with Gasteiger partial charge in [-0.25, -0.2) is 4.98 Å². The molecule has 2 aromatic carbocycles. The number of amides is 1. The quantitative estimate of drug-likeness (QED) is 0.434. The minimum absolute atomic E-state index is 0.178. The second-order valence-corrected chi connectivity index (χ2v) is 5.52. The van der Waals surface area contributed by atoms with Gasteiger partial charge in [-0.3, -0.25) is 20.0 Å². The number of aromatic nitrogens is 4. The molecule has 128 valence electrons. The van der Waals surface area contributed by atoms with Crippen LogP contribution in [0, 0.1) is 10.1 Å². The smallest absolute Gasteiger partial charge is 0.294 e. The zero-order valence-corrected chi connectivity index (χ0v) is 13.3. The number of aromatic amines is 1. The van der Waals surface area contributed by atoms with E-state index in [4.69, 9.17) is 0 Å². The minimum atomic E-state index is -0.526. The Morgan fingerprint density at radius 1 is 1.27 bits per heavy atom. The number of hydrogen-bond acceptors (Lipinski definition) is 5. The number of carbonyl (C=O) groups excluding carboxylic acids is 1. The molecule has 9 heteroatoms. The second kappa shape index (κ2) is 6.13. The first-order valence-corrected chi connectivity index (χ1v) is 7.64. The number of H-pyrrole nitrogens is 1. The number of carbonyl (C=O) groups is 1. The van der Waals surface area contributed by atoms with Gasteiger partial charge in [0.1, 0.15) is 5.69 Å². The van der Waals surface area contributed by atoms with Gasteiger partial charge in [0, 0.05) is 29.4 Å². The van der Waals surface area contributed by atoms with Gasteiger partial charge in [0.2, 0.25) is 0 Å². The average Bonchev–Trinajstić information content (AvgIpc) is 3.33.